The molecule has 2 rings (SSSR count). The van der Waals surface area contributed by atoms with Crippen LogP contribution in [-0.4, -0.2) is 4.98 Å². The number of pyridine rings is 1. The van der Waals surface area contributed by atoms with Crippen LogP contribution in [-0.2, 0) is 21.1 Å². The second-order valence-corrected chi connectivity index (χ2v) is 4.55. The van der Waals surface area contributed by atoms with Crippen LogP contribution in [0.5, 0.6) is 5.75 Å². The largest absolute Gasteiger partial charge is 2.00 e. The van der Waals surface area contributed by atoms with Crippen molar-refractivity contribution in [3.05, 3.63) is 48.0 Å². The summed E-state index contributed by atoms with van der Waals surface area (Å²) < 4.78 is 5.16. The van der Waals surface area contributed by atoms with E-state index in [0.717, 1.165) is 27.6 Å². The topological polar surface area (TPSA) is 45.9 Å². The molecule has 3 nitrogen and oxygen atoms in total. The molecule has 0 fully saturated rings. The number of ether oxygens (including phenoxy) is 1. The molecule has 5 heteroatoms. The van der Waals surface area contributed by atoms with Gasteiger partial charge in [0.2, 0.25) is 0 Å². The molecule has 0 saturated heterocycles. The van der Waals surface area contributed by atoms with Crippen LogP contribution in [0.1, 0.15) is 22.3 Å². The van der Waals surface area contributed by atoms with Crippen molar-refractivity contribution in [2.24, 2.45) is 0 Å². The van der Waals surface area contributed by atoms with E-state index < -0.39 is 0 Å². The number of fused-ring (bicyclic) bond motifs is 1. The second-order valence-electron chi connectivity index (χ2n) is 4.17. The molecule has 1 aromatic heterocycles. The van der Waals surface area contributed by atoms with Gasteiger partial charge >= 0.3 is 21.1 Å². The van der Waals surface area contributed by atoms with E-state index in [2.05, 4.69) is 12.1 Å². The Morgan fingerprint density at radius 1 is 1.25 bits per heavy atom. The van der Waals surface area contributed by atoms with E-state index in [1.165, 1.54) is 6.20 Å². The van der Waals surface area contributed by atoms with Gasteiger partial charge in [-0.15, -0.1) is 0 Å². The summed E-state index contributed by atoms with van der Waals surface area (Å²) in [7, 11) is 3.47. The number of hydrogen-bond acceptors (Lipinski definition) is 3. The molecule has 0 radical (unpaired) electrons. The van der Waals surface area contributed by atoms with Crippen LogP contribution < -0.4 is 4.74 Å². The van der Waals surface area contributed by atoms with Crippen molar-refractivity contribution in [1.29, 1.82) is 5.26 Å². The number of halogens is 1. The minimum atomic E-state index is 0. The fourth-order valence-electron chi connectivity index (χ4n) is 2.16. The molecule has 0 bridgehead atoms. The first-order valence-corrected chi connectivity index (χ1v) is 5.80. The maximum Gasteiger partial charge on any atom is 2.00 e. The predicted octanol–water partition coefficient (Wildman–Crippen LogP) is 4.30. The smallest absolute Gasteiger partial charge is 0.665 e. The zero-order valence-corrected chi connectivity index (χ0v) is 15.6. The van der Waals surface area contributed by atoms with Gasteiger partial charge in [0.1, 0.15) is 6.07 Å². The maximum absolute atomic E-state index is 9.00. The van der Waals surface area contributed by atoms with Gasteiger partial charge in [0, 0.05) is 17.1 Å². The van der Waals surface area contributed by atoms with Gasteiger partial charge in [0.05, 0.1) is 21.9 Å². The summed E-state index contributed by atoms with van der Waals surface area (Å²) in [5.74, 6) is 0.716. The second kappa shape index (κ2) is 7.06. The predicted molar refractivity (Wildman–Crippen MR) is 78.1 cm³/mol. The van der Waals surface area contributed by atoms with Crippen molar-refractivity contribution in [2.45, 2.75) is 20.8 Å². The molecule has 0 N–H and O–H groups in total. The van der Waals surface area contributed by atoms with E-state index in [9.17, 15) is 0 Å². The molecule has 0 aliphatic carbocycles. The van der Waals surface area contributed by atoms with Crippen LogP contribution in [0.4, 0.5) is 0 Å². The van der Waals surface area contributed by atoms with Crippen LogP contribution >= 0.6 is 11.6 Å². The molecule has 0 atom stereocenters. The number of nitrogens with zero attached hydrogens (tertiary/aromatic N) is 2. The van der Waals surface area contributed by atoms with Gasteiger partial charge in [-0.1, -0.05) is 11.6 Å². The number of rotatable bonds is 1. The average molecular weight is 459 g/mol. The average Bonchev–Trinajstić information content (AvgIpc) is 2.36. The van der Waals surface area contributed by atoms with E-state index in [0.29, 0.717) is 16.3 Å². The first kappa shape index (κ1) is 18.9. The number of nitriles is 1. The summed E-state index contributed by atoms with van der Waals surface area (Å²) in [4.78, 5) is 4.31. The summed E-state index contributed by atoms with van der Waals surface area (Å²) in [6.07, 6.45) is 1.49. The Balaban J connectivity index is 0.00000180. The molecule has 1 heterocycles. The quantitative estimate of drug-likeness (QED) is 0.599. The number of aryl methyl sites for hydroxylation is 2. The minimum absolute atomic E-state index is 0. The van der Waals surface area contributed by atoms with Crippen molar-refractivity contribution in [2.75, 3.05) is 0 Å². The molecule has 0 amide bonds. The van der Waals surface area contributed by atoms with Gasteiger partial charge in [0.15, 0.2) is 0 Å². The van der Waals surface area contributed by atoms with Gasteiger partial charge in [-0.3, -0.25) is 4.98 Å². The third-order valence-corrected chi connectivity index (χ3v) is 3.65. The molecular formula is C15H15ClN2OW. The standard InChI is InChI=1S/C14H12ClN2O.CH3.W/c1-7-8(2)14(18-4)9(3)13-11(7)12(15)10(5-16)6-17-13;;/h6H,4H2,1-3H3;1H3;/q2*-1;+2. The Bertz CT molecular complexity index is 693. The van der Waals surface area contributed by atoms with Gasteiger partial charge in [-0.05, 0) is 31.9 Å². The van der Waals surface area contributed by atoms with Crippen molar-refractivity contribution in [3.8, 4) is 11.8 Å². The third-order valence-electron chi connectivity index (χ3n) is 3.25. The Morgan fingerprint density at radius 3 is 2.35 bits per heavy atom. The number of aromatic nitrogens is 1. The first-order valence-electron chi connectivity index (χ1n) is 5.43. The molecule has 0 unspecified atom stereocenters. The van der Waals surface area contributed by atoms with Crippen LogP contribution in [0.2, 0.25) is 5.02 Å². The maximum atomic E-state index is 9.00. The fourth-order valence-corrected chi connectivity index (χ4v) is 2.48. The zero-order chi connectivity index (χ0) is 13.4. The summed E-state index contributed by atoms with van der Waals surface area (Å²) in [5, 5.41) is 10.3. The normalized spacial score (nSPS) is 9.40. The molecule has 104 valence electrons. The van der Waals surface area contributed by atoms with Crippen LogP contribution in [0.25, 0.3) is 10.9 Å². The summed E-state index contributed by atoms with van der Waals surface area (Å²) in [6, 6.07) is 2.04. The number of hydrogen-bond donors (Lipinski definition) is 0. The van der Waals surface area contributed by atoms with Crippen molar-refractivity contribution in [1.82, 2.24) is 4.98 Å². The summed E-state index contributed by atoms with van der Waals surface area (Å²) in [5.41, 5.74) is 3.95. The van der Waals surface area contributed by atoms with Crippen LogP contribution in [0, 0.1) is 46.6 Å². The molecular weight excluding hydrogens is 443 g/mol. The van der Waals surface area contributed by atoms with E-state index in [4.69, 9.17) is 21.6 Å². The zero-order valence-electron chi connectivity index (χ0n) is 11.9. The van der Waals surface area contributed by atoms with Crippen molar-refractivity contribution in [3.63, 3.8) is 0 Å². The van der Waals surface area contributed by atoms with E-state index in [1.54, 1.807) is 0 Å². The van der Waals surface area contributed by atoms with Crippen molar-refractivity contribution < 1.29 is 25.8 Å². The molecule has 0 saturated carbocycles. The molecule has 0 aliphatic rings. The molecule has 0 spiro atoms. The Hall–Kier alpha value is -1.10. The number of benzene rings is 1. The van der Waals surface area contributed by atoms with Crippen LogP contribution in [0.3, 0.4) is 0 Å². The third kappa shape index (κ3) is 2.68. The van der Waals surface area contributed by atoms with Crippen LogP contribution in [0.15, 0.2) is 6.20 Å². The Kier molecular flexibility index (Phi) is 6.67. The molecule has 20 heavy (non-hydrogen) atoms. The van der Waals surface area contributed by atoms with Gasteiger partial charge in [0.25, 0.3) is 0 Å². The molecule has 0 aliphatic heterocycles. The van der Waals surface area contributed by atoms with E-state index >= 15 is 0 Å². The van der Waals surface area contributed by atoms with Crippen molar-refractivity contribution >= 4 is 22.5 Å². The molecule has 1 aromatic carbocycles. The van der Waals surface area contributed by atoms with Gasteiger partial charge in [-0.25, -0.2) is 0 Å². The summed E-state index contributed by atoms with van der Waals surface area (Å²) >= 11 is 6.27. The minimum Gasteiger partial charge on any atom is -0.665 e. The Morgan fingerprint density at radius 2 is 1.85 bits per heavy atom. The summed E-state index contributed by atoms with van der Waals surface area (Å²) in [6.45, 7) is 5.79. The molecule has 2 aromatic rings. The fraction of sp³-hybridized carbons (Fsp3) is 0.200. The monoisotopic (exact) mass is 458 g/mol. The Labute approximate surface area is 139 Å². The first-order chi connectivity index (χ1) is 8.52. The SMILES string of the molecule is [CH2-]Oc1c(C)c(C)c2c(Cl)c(C#N)cnc2c1C.[CH3-].[W+2]. The van der Waals surface area contributed by atoms with E-state index in [-0.39, 0.29) is 28.5 Å². The van der Waals surface area contributed by atoms with E-state index in [1.807, 2.05) is 26.8 Å². The van der Waals surface area contributed by atoms with Gasteiger partial charge < -0.3 is 12.2 Å². The van der Waals surface area contributed by atoms with Gasteiger partial charge in [-0.2, -0.15) is 12.4 Å².